The first kappa shape index (κ1) is 29.8. The quantitative estimate of drug-likeness (QED) is 0.381. The van der Waals surface area contributed by atoms with E-state index in [2.05, 4.69) is 0 Å². The molecule has 3 aliphatic rings. The van der Waals surface area contributed by atoms with E-state index in [1.807, 2.05) is 13.8 Å². The summed E-state index contributed by atoms with van der Waals surface area (Å²) in [6, 6.07) is 0. The maximum absolute atomic E-state index is 12.9. The Labute approximate surface area is 223 Å². The summed E-state index contributed by atoms with van der Waals surface area (Å²) in [4.78, 5) is 62.4. The van der Waals surface area contributed by atoms with Crippen LogP contribution in [0.5, 0.6) is 0 Å². The molecule has 0 aromatic carbocycles. The topological polar surface area (TPSA) is 132 Å². The molecule has 1 saturated heterocycles. The lowest BCUT2D eigenvalue weighted by molar-refractivity contribution is -0.248. The van der Waals surface area contributed by atoms with Crippen LogP contribution in [0.25, 0.3) is 0 Å². The average molecular weight is 537 g/mol. The molecule has 10 heteroatoms. The van der Waals surface area contributed by atoms with Crippen LogP contribution in [0.15, 0.2) is 11.6 Å². The van der Waals surface area contributed by atoms with Gasteiger partial charge in [-0.3, -0.25) is 24.0 Å². The van der Waals surface area contributed by atoms with Gasteiger partial charge in [0.1, 0.15) is 17.8 Å². The third-order valence-electron chi connectivity index (χ3n) is 8.18. The van der Waals surface area contributed by atoms with E-state index in [0.29, 0.717) is 5.57 Å². The molecular weight excluding hydrogens is 496 g/mol. The summed E-state index contributed by atoms with van der Waals surface area (Å²) in [6.07, 6.45) is -1.55. The monoisotopic (exact) mass is 536 g/mol. The van der Waals surface area contributed by atoms with Gasteiger partial charge in [-0.15, -0.1) is 0 Å². The van der Waals surface area contributed by atoms with E-state index in [9.17, 15) is 24.0 Å². The zero-order valence-electron chi connectivity index (χ0n) is 23.7. The number of esters is 4. The number of hydrogen-bond acceptors (Lipinski definition) is 10. The Balaban J connectivity index is 2.37. The maximum Gasteiger partial charge on any atom is 0.303 e. The number of allylic oxidation sites excluding steroid dienone is 1. The molecule has 9 unspecified atom stereocenters. The highest BCUT2D eigenvalue weighted by Crippen LogP contribution is 2.58. The second-order valence-electron chi connectivity index (χ2n) is 11.5. The van der Waals surface area contributed by atoms with Crippen LogP contribution < -0.4 is 0 Å². The molecule has 0 radical (unpaired) electrons. The Morgan fingerprint density at radius 1 is 0.947 bits per heavy atom. The van der Waals surface area contributed by atoms with Crippen molar-refractivity contribution in [2.24, 2.45) is 23.7 Å². The smallest absolute Gasteiger partial charge is 0.303 e. The summed E-state index contributed by atoms with van der Waals surface area (Å²) in [5, 5.41) is 0. The van der Waals surface area contributed by atoms with Crippen LogP contribution in [0.4, 0.5) is 0 Å². The minimum absolute atomic E-state index is 0.115. The number of ketones is 1. The Morgan fingerprint density at radius 3 is 2.03 bits per heavy atom. The molecule has 3 rings (SSSR count). The van der Waals surface area contributed by atoms with Gasteiger partial charge in [0.2, 0.25) is 0 Å². The third-order valence-corrected chi connectivity index (χ3v) is 8.18. The lowest BCUT2D eigenvalue weighted by Crippen LogP contribution is -2.69. The van der Waals surface area contributed by atoms with Crippen molar-refractivity contribution < 1.29 is 47.7 Å². The minimum Gasteiger partial charge on any atom is -0.458 e. The van der Waals surface area contributed by atoms with E-state index in [1.54, 1.807) is 26.8 Å². The van der Waals surface area contributed by atoms with E-state index < -0.39 is 77.2 Å². The number of Topliss-reactive ketones (excluding diaryl/α,β-unsaturated/α-hetero) is 1. The highest BCUT2D eigenvalue weighted by atomic mass is 16.6. The standard InChI is InChI=1S/C28H40O10/c1-13(2)21-22-23(28(9,38-18(7)32)26(35-16(5)30)24(21)34-15(4)29)20-12-14(3)19(33)10-11-27(8,25(22)36-20)37-17(6)31/h12-13,20-26H,10-11H2,1-9H3. The molecule has 10 nitrogen and oxygen atoms in total. The van der Waals surface area contributed by atoms with Crippen LogP contribution >= 0.6 is 0 Å². The van der Waals surface area contributed by atoms with Crippen molar-refractivity contribution in [3.63, 3.8) is 0 Å². The Kier molecular flexibility index (Phi) is 8.46. The molecule has 2 aliphatic heterocycles. The molecule has 9 atom stereocenters. The second-order valence-corrected chi connectivity index (χ2v) is 11.5. The second kappa shape index (κ2) is 10.8. The van der Waals surface area contributed by atoms with Crippen molar-refractivity contribution in [1.29, 1.82) is 0 Å². The highest BCUT2D eigenvalue weighted by Gasteiger charge is 2.71. The summed E-state index contributed by atoms with van der Waals surface area (Å²) in [6.45, 7) is 14.1. The van der Waals surface area contributed by atoms with Crippen LogP contribution in [0.1, 0.15) is 75.2 Å². The molecule has 2 heterocycles. The number of ether oxygens (including phenoxy) is 5. The van der Waals surface area contributed by atoms with Gasteiger partial charge in [-0.05, 0) is 44.8 Å². The van der Waals surface area contributed by atoms with Crippen molar-refractivity contribution in [2.45, 2.75) is 111 Å². The number of rotatable bonds is 5. The van der Waals surface area contributed by atoms with Crippen LogP contribution in [0, 0.1) is 23.7 Å². The SMILES string of the molecule is CC(=O)OC1C(C(C)C)C2C3OC(C=C(C)C(=O)CCC3(C)OC(C)=O)C2C(C)(OC(C)=O)C1OC(C)=O. The van der Waals surface area contributed by atoms with Crippen LogP contribution in [0.2, 0.25) is 0 Å². The van der Waals surface area contributed by atoms with E-state index >= 15 is 0 Å². The lowest BCUT2D eigenvalue weighted by atomic mass is 9.55. The van der Waals surface area contributed by atoms with Gasteiger partial charge in [0.25, 0.3) is 0 Å². The van der Waals surface area contributed by atoms with Crippen LogP contribution in [-0.2, 0) is 47.7 Å². The largest absolute Gasteiger partial charge is 0.458 e. The zero-order chi connectivity index (χ0) is 28.7. The van der Waals surface area contributed by atoms with Gasteiger partial charge in [0.05, 0.1) is 6.10 Å². The number of carbonyl (C=O) groups is 5. The Morgan fingerprint density at radius 2 is 1.53 bits per heavy atom. The van der Waals surface area contributed by atoms with Gasteiger partial charge in [0, 0.05) is 51.9 Å². The predicted octanol–water partition coefficient (Wildman–Crippen LogP) is 3.09. The first-order chi connectivity index (χ1) is 17.5. The van der Waals surface area contributed by atoms with Gasteiger partial charge in [-0.25, -0.2) is 0 Å². The number of hydrogen-bond donors (Lipinski definition) is 0. The van der Waals surface area contributed by atoms with Gasteiger partial charge < -0.3 is 23.7 Å². The number of fused-ring (bicyclic) bond motifs is 5. The molecule has 38 heavy (non-hydrogen) atoms. The van der Waals surface area contributed by atoms with Gasteiger partial charge in [0.15, 0.2) is 17.5 Å². The molecule has 0 aromatic heterocycles. The van der Waals surface area contributed by atoms with Crippen molar-refractivity contribution in [3.05, 3.63) is 11.6 Å². The fourth-order valence-corrected chi connectivity index (χ4v) is 6.96. The first-order valence-electron chi connectivity index (χ1n) is 13.1. The summed E-state index contributed by atoms with van der Waals surface area (Å²) >= 11 is 0. The Bertz CT molecular complexity index is 1030. The molecular formula is C28H40O10. The normalized spacial score (nSPS) is 38.6. The van der Waals surface area contributed by atoms with Gasteiger partial charge >= 0.3 is 23.9 Å². The van der Waals surface area contributed by atoms with Crippen molar-refractivity contribution >= 4 is 29.7 Å². The van der Waals surface area contributed by atoms with E-state index in [4.69, 9.17) is 23.7 Å². The van der Waals surface area contributed by atoms with Crippen molar-refractivity contribution in [2.75, 3.05) is 0 Å². The van der Waals surface area contributed by atoms with E-state index in [1.165, 1.54) is 27.7 Å². The predicted molar refractivity (Wildman–Crippen MR) is 133 cm³/mol. The molecule has 0 N–H and O–H groups in total. The molecule has 2 fully saturated rings. The fourth-order valence-electron chi connectivity index (χ4n) is 6.96. The minimum atomic E-state index is -1.51. The molecule has 212 valence electrons. The van der Waals surface area contributed by atoms with E-state index in [0.717, 1.165) is 0 Å². The number of carbonyl (C=O) groups excluding carboxylic acids is 5. The third kappa shape index (κ3) is 5.51. The van der Waals surface area contributed by atoms with Crippen LogP contribution in [0.3, 0.4) is 0 Å². The Hall–Kier alpha value is -2.75. The summed E-state index contributed by atoms with van der Waals surface area (Å²) < 4.78 is 30.1. The van der Waals surface area contributed by atoms with Crippen LogP contribution in [-0.4, -0.2) is 65.3 Å². The highest BCUT2D eigenvalue weighted by molar-refractivity contribution is 5.95. The molecule has 0 spiro atoms. The van der Waals surface area contributed by atoms with Crippen molar-refractivity contribution in [3.8, 4) is 0 Å². The first-order valence-corrected chi connectivity index (χ1v) is 13.1. The molecule has 1 aliphatic carbocycles. The summed E-state index contributed by atoms with van der Waals surface area (Å²) in [5.74, 6) is -4.14. The van der Waals surface area contributed by atoms with Gasteiger partial charge in [-0.2, -0.15) is 0 Å². The fraction of sp³-hybridized carbons (Fsp3) is 0.750. The zero-order valence-corrected chi connectivity index (χ0v) is 23.7. The average Bonchev–Trinajstić information content (AvgIpc) is 3.14. The van der Waals surface area contributed by atoms with Crippen molar-refractivity contribution in [1.82, 2.24) is 0 Å². The molecule has 0 aromatic rings. The molecule has 0 amide bonds. The maximum atomic E-state index is 12.9. The summed E-state index contributed by atoms with van der Waals surface area (Å²) in [5.41, 5.74) is -2.25. The molecule has 2 bridgehead atoms. The summed E-state index contributed by atoms with van der Waals surface area (Å²) in [7, 11) is 0. The lowest BCUT2D eigenvalue weighted by Gasteiger charge is -2.55. The van der Waals surface area contributed by atoms with Gasteiger partial charge in [-0.1, -0.05) is 13.8 Å². The molecule has 1 saturated carbocycles. The van der Waals surface area contributed by atoms with E-state index in [-0.39, 0.29) is 24.5 Å².